The maximum absolute atomic E-state index is 3.96. The minimum atomic E-state index is 0.722. The molecule has 0 unspecified atom stereocenters. The van der Waals surface area contributed by atoms with E-state index in [1.807, 2.05) is 23.5 Å². The lowest BCUT2D eigenvalue weighted by atomic mass is 9.95. The summed E-state index contributed by atoms with van der Waals surface area (Å²) < 4.78 is 1.35. The number of rotatable bonds is 12. The van der Waals surface area contributed by atoms with Gasteiger partial charge in [0.15, 0.2) is 0 Å². The van der Waals surface area contributed by atoms with E-state index < -0.39 is 0 Å². The molecule has 0 amide bonds. The Balaban J connectivity index is 0.000000362. The molecule has 43 heavy (non-hydrogen) atoms. The van der Waals surface area contributed by atoms with Gasteiger partial charge in [0.1, 0.15) is 0 Å². The van der Waals surface area contributed by atoms with Crippen LogP contribution < -0.4 is 5.32 Å². The Morgan fingerprint density at radius 1 is 1.02 bits per heavy atom. The Bertz CT molecular complexity index is 1330. The molecule has 0 radical (unpaired) electrons. The molecule has 0 fully saturated rings. The van der Waals surface area contributed by atoms with Gasteiger partial charge in [-0.2, -0.15) is 0 Å². The van der Waals surface area contributed by atoms with Crippen LogP contribution in [0.2, 0.25) is 0 Å². The van der Waals surface area contributed by atoms with Crippen molar-refractivity contribution in [3.63, 3.8) is 0 Å². The molecular weight excluding hydrogens is 539 g/mol. The van der Waals surface area contributed by atoms with Gasteiger partial charge < -0.3 is 5.32 Å². The number of hydrogen-bond acceptors (Lipinski definition) is 2. The third-order valence-electron chi connectivity index (χ3n) is 6.58. The summed E-state index contributed by atoms with van der Waals surface area (Å²) in [5.74, 6) is 0.722. The first-order chi connectivity index (χ1) is 20.9. The minimum Gasteiger partial charge on any atom is -0.380 e. The summed E-state index contributed by atoms with van der Waals surface area (Å²) in [5, 5.41) is 4.71. The molecule has 2 aromatic rings. The summed E-state index contributed by atoms with van der Waals surface area (Å²) in [5.41, 5.74) is 6.26. The molecule has 0 saturated carbocycles. The highest BCUT2D eigenvalue weighted by atomic mass is 32.1. The maximum atomic E-state index is 3.96. The molecule has 1 aromatic heterocycles. The van der Waals surface area contributed by atoms with Crippen LogP contribution >= 0.6 is 11.3 Å². The highest BCUT2D eigenvalue weighted by Gasteiger charge is 2.06. The van der Waals surface area contributed by atoms with Crippen molar-refractivity contribution < 1.29 is 0 Å². The van der Waals surface area contributed by atoms with Gasteiger partial charge in [0.05, 0.1) is 10.6 Å². The maximum Gasteiger partial charge on any atom is 0.0518 e. The summed E-state index contributed by atoms with van der Waals surface area (Å²) in [6, 6.07) is 10.8. The normalized spacial score (nSPS) is 14.3. The Morgan fingerprint density at radius 2 is 1.77 bits per heavy atom. The molecule has 1 N–H and O–H groups in total. The van der Waals surface area contributed by atoms with Crippen LogP contribution in [0.3, 0.4) is 0 Å². The monoisotopic (exact) mass is 593 g/mol. The first-order valence-electron chi connectivity index (χ1n) is 15.8. The standard InChI is InChI=1S/C21H30.C13H11NS.C7H14/c1-7-13-15-18(9-3)20(11-5)17-21(12-6)19(10-4)16-14-8-2;1-2-7-12-10(5-1)9-13(15-12)11-6-3-4-8-14-11;1-4-5-6-7(2)3/h7,9-11,13,15-17H,1,4,8,12,14H2,2-3,5-6H3;1-7,9,14H,8H2;5-7H,4H2,1-3H3/b15-13-,18-9+,19-16+,20-11+,21-17+;;. The number of hydrogen-bond donors (Lipinski definition) is 1. The summed E-state index contributed by atoms with van der Waals surface area (Å²) in [6.45, 7) is 23.7. The highest BCUT2D eigenvalue weighted by molar-refractivity contribution is 7.20. The molecule has 0 spiro atoms. The summed E-state index contributed by atoms with van der Waals surface area (Å²) in [4.78, 5) is 1.32. The Labute approximate surface area is 267 Å². The van der Waals surface area contributed by atoms with Gasteiger partial charge in [-0.05, 0) is 84.9 Å². The van der Waals surface area contributed by atoms with Crippen LogP contribution in [-0.4, -0.2) is 6.54 Å². The minimum absolute atomic E-state index is 0.722. The van der Waals surface area contributed by atoms with Crippen molar-refractivity contribution in [3.05, 3.63) is 150 Å². The van der Waals surface area contributed by atoms with E-state index in [0.717, 1.165) is 38.1 Å². The molecule has 1 nitrogen and oxygen atoms in total. The number of nitrogens with one attached hydrogen (secondary N) is 1. The fourth-order valence-electron chi connectivity index (χ4n) is 4.24. The first-order valence-corrected chi connectivity index (χ1v) is 16.6. The smallest absolute Gasteiger partial charge is 0.0518 e. The molecule has 0 atom stereocenters. The lowest BCUT2D eigenvalue weighted by Crippen LogP contribution is -2.13. The molecule has 0 bridgehead atoms. The average molecular weight is 594 g/mol. The predicted molar refractivity (Wildman–Crippen MR) is 200 cm³/mol. The molecule has 2 heteroatoms. The van der Waals surface area contributed by atoms with Crippen molar-refractivity contribution in [3.8, 4) is 0 Å². The number of allylic oxidation sites excluding steroid dienone is 16. The second-order valence-corrected chi connectivity index (χ2v) is 11.5. The number of dihydropyridines is 1. The van der Waals surface area contributed by atoms with Crippen LogP contribution in [0.15, 0.2) is 145 Å². The fraction of sp³-hybridized carbons (Fsp3) is 0.317. The van der Waals surface area contributed by atoms with Crippen LogP contribution in [0.5, 0.6) is 0 Å². The summed E-state index contributed by atoms with van der Waals surface area (Å²) in [7, 11) is 0. The van der Waals surface area contributed by atoms with E-state index in [2.05, 4.69) is 158 Å². The Hall–Kier alpha value is -3.62. The second kappa shape index (κ2) is 22.9. The average Bonchev–Trinajstić information content (AvgIpc) is 3.48. The van der Waals surface area contributed by atoms with Gasteiger partial charge in [-0.1, -0.05) is 145 Å². The van der Waals surface area contributed by atoms with Crippen molar-refractivity contribution in [1.82, 2.24) is 5.32 Å². The zero-order valence-electron chi connectivity index (χ0n) is 27.8. The van der Waals surface area contributed by atoms with Crippen LogP contribution in [0, 0.1) is 5.92 Å². The van der Waals surface area contributed by atoms with Gasteiger partial charge in [-0.15, -0.1) is 11.3 Å². The largest absolute Gasteiger partial charge is 0.380 e. The zero-order valence-corrected chi connectivity index (χ0v) is 28.6. The lowest BCUT2D eigenvalue weighted by molar-refractivity contribution is 0.826. The first kappa shape index (κ1) is 37.4. The van der Waals surface area contributed by atoms with Crippen LogP contribution in [0.25, 0.3) is 15.8 Å². The van der Waals surface area contributed by atoms with E-state index in [4.69, 9.17) is 0 Å². The quantitative estimate of drug-likeness (QED) is 0.191. The van der Waals surface area contributed by atoms with E-state index in [1.165, 1.54) is 43.0 Å². The van der Waals surface area contributed by atoms with Crippen LogP contribution in [0.1, 0.15) is 79.0 Å². The van der Waals surface area contributed by atoms with Crippen molar-refractivity contribution in [2.75, 3.05) is 6.54 Å². The van der Waals surface area contributed by atoms with Crippen molar-refractivity contribution >= 4 is 27.1 Å². The van der Waals surface area contributed by atoms with E-state index in [0.29, 0.717) is 0 Å². The third kappa shape index (κ3) is 14.4. The van der Waals surface area contributed by atoms with Crippen molar-refractivity contribution in [1.29, 1.82) is 0 Å². The molecule has 0 saturated heterocycles. The fourth-order valence-corrected chi connectivity index (χ4v) is 5.30. The molecule has 1 aliphatic rings. The summed E-state index contributed by atoms with van der Waals surface area (Å²) >= 11 is 1.84. The lowest BCUT2D eigenvalue weighted by Gasteiger charge is -2.10. The van der Waals surface area contributed by atoms with Crippen LogP contribution in [-0.2, 0) is 0 Å². The highest BCUT2D eigenvalue weighted by Crippen LogP contribution is 2.29. The van der Waals surface area contributed by atoms with Gasteiger partial charge in [-0.3, -0.25) is 0 Å². The van der Waals surface area contributed by atoms with Gasteiger partial charge in [0.25, 0.3) is 0 Å². The Kier molecular flexibility index (Phi) is 19.9. The molecular formula is C41H55NS. The molecule has 2 heterocycles. The zero-order chi connectivity index (χ0) is 31.9. The van der Waals surface area contributed by atoms with E-state index in [1.54, 1.807) is 6.08 Å². The SMILES string of the molecule is C1=CCNC(c2cc3ccccc3s2)=C1.C=C\C=C/C(=C\C)C(=C/C)/C=C(CC)/C(C=C)=C/CCC.CCC=CC(C)C. The molecule has 0 aliphatic carbocycles. The molecule has 1 aliphatic heterocycles. The number of unbranched alkanes of at least 4 members (excludes halogenated alkanes) is 1. The van der Waals surface area contributed by atoms with E-state index in [9.17, 15) is 0 Å². The Morgan fingerprint density at radius 3 is 2.28 bits per heavy atom. The van der Waals surface area contributed by atoms with Gasteiger partial charge in [-0.25, -0.2) is 0 Å². The van der Waals surface area contributed by atoms with Gasteiger partial charge in [0, 0.05) is 11.2 Å². The topological polar surface area (TPSA) is 12.0 Å². The molecule has 1 aromatic carbocycles. The van der Waals surface area contributed by atoms with Crippen molar-refractivity contribution in [2.24, 2.45) is 5.92 Å². The predicted octanol–water partition coefficient (Wildman–Crippen LogP) is 12.9. The van der Waals surface area contributed by atoms with Gasteiger partial charge in [0.2, 0.25) is 0 Å². The van der Waals surface area contributed by atoms with E-state index in [-0.39, 0.29) is 0 Å². The third-order valence-corrected chi connectivity index (χ3v) is 7.73. The number of benzene rings is 1. The molecule has 230 valence electrons. The van der Waals surface area contributed by atoms with Crippen molar-refractivity contribution in [2.45, 2.75) is 74.1 Å². The van der Waals surface area contributed by atoms with Crippen LogP contribution in [0.4, 0.5) is 0 Å². The second-order valence-electron chi connectivity index (χ2n) is 10.4. The molecule has 3 rings (SSSR count). The van der Waals surface area contributed by atoms with E-state index >= 15 is 0 Å². The van der Waals surface area contributed by atoms with Gasteiger partial charge >= 0.3 is 0 Å². The number of thiophene rings is 1. The summed E-state index contributed by atoms with van der Waals surface area (Å²) in [6.07, 6.45) is 31.9. The number of fused-ring (bicyclic) bond motifs is 1.